The van der Waals surface area contributed by atoms with Crippen LogP contribution in [0, 0.1) is 0 Å². The van der Waals surface area contributed by atoms with Gasteiger partial charge in [-0.1, -0.05) is 0 Å². The third-order valence-corrected chi connectivity index (χ3v) is 2.52. The quantitative estimate of drug-likeness (QED) is 0.561. The molecule has 2 atom stereocenters. The van der Waals surface area contributed by atoms with Gasteiger partial charge in [-0.3, -0.25) is 9.59 Å². The van der Waals surface area contributed by atoms with Crippen LogP contribution in [-0.4, -0.2) is 70.7 Å². The molecule has 2 unspecified atom stereocenters. The summed E-state index contributed by atoms with van der Waals surface area (Å²) in [5.41, 5.74) is 0. The van der Waals surface area contributed by atoms with Crippen molar-refractivity contribution in [1.29, 1.82) is 0 Å². The zero-order valence-electron chi connectivity index (χ0n) is 8.88. The first-order chi connectivity index (χ1) is 6.91. The van der Waals surface area contributed by atoms with Crippen molar-refractivity contribution >= 4 is 11.8 Å². The van der Waals surface area contributed by atoms with E-state index in [2.05, 4.69) is 0 Å². The molecule has 2 amide bonds. The van der Waals surface area contributed by atoms with Gasteiger partial charge in [-0.2, -0.15) is 0 Å². The number of hydrogen-bond donors (Lipinski definition) is 2. The number of likely N-dealkylation sites (N-methyl/N-ethyl adjacent to an activating group) is 1. The molecule has 0 bridgehead atoms. The molecule has 0 aromatic heterocycles. The normalized spacial score (nSPS) is 25.5. The SMILES string of the molecule is CC(=O)N(C)CC(=O)N1CC(O)C(O)C1. The van der Waals surface area contributed by atoms with Crippen molar-refractivity contribution in [2.45, 2.75) is 19.1 Å². The molecule has 15 heavy (non-hydrogen) atoms. The highest BCUT2D eigenvalue weighted by molar-refractivity contribution is 5.83. The third kappa shape index (κ3) is 2.90. The predicted molar refractivity (Wildman–Crippen MR) is 51.9 cm³/mol. The summed E-state index contributed by atoms with van der Waals surface area (Å²) in [7, 11) is 1.53. The monoisotopic (exact) mass is 216 g/mol. The molecule has 0 aliphatic carbocycles. The lowest BCUT2D eigenvalue weighted by Crippen LogP contribution is -2.39. The van der Waals surface area contributed by atoms with E-state index in [0.29, 0.717) is 0 Å². The number of rotatable bonds is 2. The van der Waals surface area contributed by atoms with Crippen LogP contribution < -0.4 is 0 Å². The number of amides is 2. The number of aliphatic hydroxyl groups excluding tert-OH is 2. The molecule has 0 aromatic rings. The van der Waals surface area contributed by atoms with Gasteiger partial charge in [-0.05, 0) is 0 Å². The van der Waals surface area contributed by atoms with Crippen LogP contribution in [0.1, 0.15) is 6.92 Å². The lowest BCUT2D eigenvalue weighted by Gasteiger charge is -2.20. The molecule has 6 heteroatoms. The molecule has 6 nitrogen and oxygen atoms in total. The predicted octanol–water partition coefficient (Wildman–Crippen LogP) is -1.97. The van der Waals surface area contributed by atoms with Gasteiger partial charge in [0.2, 0.25) is 11.8 Å². The van der Waals surface area contributed by atoms with Crippen molar-refractivity contribution in [2.75, 3.05) is 26.7 Å². The second kappa shape index (κ2) is 4.59. The summed E-state index contributed by atoms with van der Waals surface area (Å²) in [6.45, 7) is 1.62. The Balaban J connectivity index is 2.45. The second-order valence-electron chi connectivity index (χ2n) is 3.81. The summed E-state index contributed by atoms with van der Waals surface area (Å²) < 4.78 is 0. The van der Waals surface area contributed by atoms with Gasteiger partial charge >= 0.3 is 0 Å². The summed E-state index contributed by atoms with van der Waals surface area (Å²) in [6.07, 6.45) is -1.76. The second-order valence-corrected chi connectivity index (χ2v) is 3.81. The fourth-order valence-corrected chi connectivity index (χ4v) is 1.39. The lowest BCUT2D eigenvalue weighted by molar-refractivity contribution is -0.138. The Bertz CT molecular complexity index is 259. The van der Waals surface area contributed by atoms with Crippen molar-refractivity contribution in [1.82, 2.24) is 9.80 Å². The van der Waals surface area contributed by atoms with Crippen molar-refractivity contribution < 1.29 is 19.8 Å². The summed E-state index contributed by atoms with van der Waals surface area (Å²) in [5.74, 6) is -0.452. The van der Waals surface area contributed by atoms with Crippen molar-refractivity contribution in [2.24, 2.45) is 0 Å². The fourth-order valence-electron chi connectivity index (χ4n) is 1.39. The fraction of sp³-hybridized carbons (Fsp3) is 0.778. The van der Waals surface area contributed by atoms with E-state index in [-0.39, 0.29) is 31.4 Å². The highest BCUT2D eigenvalue weighted by Gasteiger charge is 2.32. The third-order valence-electron chi connectivity index (χ3n) is 2.52. The smallest absolute Gasteiger partial charge is 0.242 e. The highest BCUT2D eigenvalue weighted by Crippen LogP contribution is 2.10. The molecule has 1 fully saturated rings. The van der Waals surface area contributed by atoms with E-state index in [9.17, 15) is 19.8 Å². The molecule has 0 radical (unpaired) electrons. The van der Waals surface area contributed by atoms with Crippen molar-refractivity contribution in [3.8, 4) is 0 Å². The Kier molecular flexibility index (Phi) is 3.65. The van der Waals surface area contributed by atoms with Crippen molar-refractivity contribution in [3.63, 3.8) is 0 Å². The van der Waals surface area contributed by atoms with E-state index < -0.39 is 12.2 Å². The Labute approximate surface area is 88.1 Å². The summed E-state index contributed by atoms with van der Waals surface area (Å²) >= 11 is 0. The molecule has 1 aliphatic rings. The average Bonchev–Trinajstić information content (AvgIpc) is 2.46. The molecule has 1 heterocycles. The van der Waals surface area contributed by atoms with Crippen LogP contribution in [0.5, 0.6) is 0 Å². The van der Waals surface area contributed by atoms with E-state index in [0.717, 1.165) is 0 Å². The molecular weight excluding hydrogens is 200 g/mol. The lowest BCUT2D eigenvalue weighted by atomic mass is 10.3. The molecular formula is C9H16N2O4. The standard InChI is InChI=1S/C9H16N2O4/c1-6(12)10(2)5-9(15)11-3-7(13)8(14)4-11/h7-8,13-14H,3-5H2,1-2H3. The van der Waals surface area contributed by atoms with E-state index in [1.54, 1.807) is 0 Å². The Morgan fingerprint density at radius 1 is 1.33 bits per heavy atom. The van der Waals surface area contributed by atoms with E-state index in [1.165, 1.54) is 23.8 Å². The molecule has 1 rings (SSSR count). The topological polar surface area (TPSA) is 81.1 Å². The maximum Gasteiger partial charge on any atom is 0.242 e. The minimum Gasteiger partial charge on any atom is -0.388 e. The number of hydrogen-bond acceptors (Lipinski definition) is 4. The number of carbonyl (C=O) groups excluding carboxylic acids is 2. The summed E-state index contributed by atoms with van der Waals surface area (Å²) in [6, 6.07) is 0. The number of nitrogens with zero attached hydrogens (tertiary/aromatic N) is 2. The minimum atomic E-state index is -0.878. The molecule has 0 spiro atoms. The van der Waals surface area contributed by atoms with Crippen LogP contribution in [0.4, 0.5) is 0 Å². The maximum atomic E-state index is 11.6. The average molecular weight is 216 g/mol. The number of β-amino-alcohol motifs (C(OH)–C–C–N with tert-alkyl or cyclic N) is 2. The van der Waals surface area contributed by atoms with Crippen LogP contribution >= 0.6 is 0 Å². The van der Waals surface area contributed by atoms with Gasteiger partial charge in [-0.15, -0.1) is 0 Å². The minimum absolute atomic E-state index is 0.0191. The first-order valence-electron chi connectivity index (χ1n) is 4.77. The van der Waals surface area contributed by atoms with E-state index in [1.807, 2.05) is 0 Å². The number of likely N-dealkylation sites (tertiary alicyclic amines) is 1. The van der Waals surface area contributed by atoms with Gasteiger partial charge < -0.3 is 20.0 Å². The first kappa shape index (κ1) is 11.9. The highest BCUT2D eigenvalue weighted by atomic mass is 16.3. The molecule has 0 saturated carbocycles. The van der Waals surface area contributed by atoms with Gasteiger partial charge in [0.05, 0.1) is 18.8 Å². The summed E-state index contributed by atoms with van der Waals surface area (Å²) in [5, 5.41) is 18.5. The molecule has 1 aliphatic heterocycles. The Hall–Kier alpha value is -1.14. The molecule has 0 aromatic carbocycles. The number of carbonyl (C=O) groups is 2. The molecule has 2 N–H and O–H groups in total. The van der Waals surface area contributed by atoms with Crippen LogP contribution in [-0.2, 0) is 9.59 Å². The van der Waals surface area contributed by atoms with Crippen molar-refractivity contribution in [3.05, 3.63) is 0 Å². The maximum absolute atomic E-state index is 11.6. The zero-order chi connectivity index (χ0) is 11.6. The Morgan fingerprint density at radius 2 is 1.80 bits per heavy atom. The van der Waals surface area contributed by atoms with Gasteiger partial charge in [-0.25, -0.2) is 0 Å². The Morgan fingerprint density at radius 3 is 2.20 bits per heavy atom. The first-order valence-corrected chi connectivity index (χ1v) is 4.77. The largest absolute Gasteiger partial charge is 0.388 e. The van der Waals surface area contributed by atoms with Crippen LogP contribution in [0.15, 0.2) is 0 Å². The molecule has 86 valence electrons. The van der Waals surface area contributed by atoms with Crippen LogP contribution in [0.25, 0.3) is 0 Å². The van der Waals surface area contributed by atoms with Gasteiger partial charge in [0.1, 0.15) is 0 Å². The summed E-state index contributed by atoms with van der Waals surface area (Å²) in [4.78, 5) is 25.1. The van der Waals surface area contributed by atoms with E-state index >= 15 is 0 Å². The molecule has 1 saturated heterocycles. The van der Waals surface area contributed by atoms with Gasteiger partial charge in [0.25, 0.3) is 0 Å². The van der Waals surface area contributed by atoms with Crippen LogP contribution in [0.2, 0.25) is 0 Å². The van der Waals surface area contributed by atoms with Gasteiger partial charge in [0, 0.05) is 27.1 Å². The van der Waals surface area contributed by atoms with Gasteiger partial charge in [0.15, 0.2) is 0 Å². The zero-order valence-corrected chi connectivity index (χ0v) is 8.88. The number of aliphatic hydroxyl groups is 2. The van der Waals surface area contributed by atoms with Crippen LogP contribution in [0.3, 0.4) is 0 Å². The van der Waals surface area contributed by atoms with E-state index in [4.69, 9.17) is 0 Å².